The van der Waals surface area contributed by atoms with Crippen LogP contribution in [-0.2, 0) is 4.79 Å². The molecule has 0 N–H and O–H groups in total. The number of nitrogens with zero attached hydrogens (tertiary/aromatic N) is 2. The zero-order valence-electron chi connectivity index (χ0n) is 12.3. The topological polar surface area (TPSA) is 32.7 Å². The molecule has 0 saturated carbocycles. The Balaban J connectivity index is 2.18. The molecule has 0 aromatic heterocycles. The fourth-order valence-corrected chi connectivity index (χ4v) is 2.87. The number of aliphatic imine (C=N–C) groups is 1. The molecule has 23 heavy (non-hydrogen) atoms. The first kappa shape index (κ1) is 15.8. The molecule has 1 amide bonds. The molecule has 1 heterocycles. The molecule has 0 saturated heterocycles. The maximum Gasteiger partial charge on any atom is 0.248 e. The quantitative estimate of drug-likeness (QED) is 0.761. The lowest BCUT2D eigenvalue weighted by molar-refractivity contribution is -0.117. The number of carbonyl (C=O) groups is 1. The summed E-state index contributed by atoms with van der Waals surface area (Å²) in [6.07, 6.45) is 1.70. The van der Waals surface area contributed by atoms with E-state index in [0.29, 0.717) is 16.6 Å². The van der Waals surface area contributed by atoms with Crippen LogP contribution in [0.5, 0.6) is 0 Å². The normalized spacial score (nSPS) is 14.1. The Morgan fingerprint density at radius 1 is 1.13 bits per heavy atom. The Kier molecular flexibility index (Phi) is 4.51. The highest BCUT2D eigenvalue weighted by atomic mass is 35.5. The van der Waals surface area contributed by atoms with Crippen molar-refractivity contribution in [2.45, 2.75) is 0 Å². The van der Waals surface area contributed by atoms with Crippen LogP contribution in [0.1, 0.15) is 11.1 Å². The first-order valence-electron chi connectivity index (χ1n) is 7.11. The Labute approximate surface area is 144 Å². The molecule has 5 heteroatoms. The van der Waals surface area contributed by atoms with E-state index in [0.717, 1.165) is 22.5 Å². The van der Waals surface area contributed by atoms with Gasteiger partial charge in [0.2, 0.25) is 5.91 Å². The van der Waals surface area contributed by atoms with Crippen LogP contribution in [0.25, 0.3) is 0 Å². The van der Waals surface area contributed by atoms with Gasteiger partial charge < -0.3 is 4.90 Å². The van der Waals surface area contributed by atoms with Gasteiger partial charge in [-0.1, -0.05) is 41.4 Å². The highest BCUT2D eigenvalue weighted by Gasteiger charge is 2.24. The summed E-state index contributed by atoms with van der Waals surface area (Å²) >= 11 is 12.1. The summed E-state index contributed by atoms with van der Waals surface area (Å²) in [6, 6.07) is 12.8. The minimum Gasteiger partial charge on any atom is -0.306 e. The Hall–Kier alpha value is -2.10. The van der Waals surface area contributed by atoms with Crippen LogP contribution >= 0.6 is 23.2 Å². The van der Waals surface area contributed by atoms with Gasteiger partial charge in [-0.05, 0) is 30.3 Å². The largest absolute Gasteiger partial charge is 0.306 e. The van der Waals surface area contributed by atoms with E-state index in [1.165, 1.54) is 0 Å². The molecule has 3 rings (SSSR count). The van der Waals surface area contributed by atoms with Crippen molar-refractivity contribution in [2.75, 3.05) is 18.0 Å². The fourth-order valence-electron chi connectivity index (χ4n) is 2.57. The van der Waals surface area contributed by atoms with E-state index in [1.54, 1.807) is 29.2 Å². The third-order valence-corrected chi connectivity index (χ3v) is 4.09. The molecule has 0 atom stereocenters. The molecule has 0 aliphatic carbocycles. The van der Waals surface area contributed by atoms with E-state index >= 15 is 0 Å². The lowest BCUT2D eigenvalue weighted by atomic mass is 10.00. The van der Waals surface area contributed by atoms with Gasteiger partial charge in [0.05, 0.1) is 11.4 Å². The van der Waals surface area contributed by atoms with Gasteiger partial charge in [-0.3, -0.25) is 9.79 Å². The Morgan fingerprint density at radius 3 is 2.52 bits per heavy atom. The van der Waals surface area contributed by atoms with Gasteiger partial charge in [0.1, 0.15) is 6.54 Å². The number of carbonyl (C=O) groups excluding carboxylic acids is 1. The van der Waals surface area contributed by atoms with Crippen molar-refractivity contribution in [1.29, 1.82) is 0 Å². The number of fused-ring (bicyclic) bond motifs is 1. The summed E-state index contributed by atoms with van der Waals surface area (Å²) < 4.78 is 0. The van der Waals surface area contributed by atoms with E-state index in [-0.39, 0.29) is 12.5 Å². The van der Waals surface area contributed by atoms with Crippen molar-refractivity contribution >= 4 is 40.5 Å². The van der Waals surface area contributed by atoms with Crippen molar-refractivity contribution in [3.05, 3.63) is 76.3 Å². The van der Waals surface area contributed by atoms with Crippen LogP contribution in [0.15, 0.2) is 60.1 Å². The first-order valence-corrected chi connectivity index (χ1v) is 7.87. The summed E-state index contributed by atoms with van der Waals surface area (Å²) in [5, 5.41) is 1.25. The van der Waals surface area contributed by atoms with Crippen LogP contribution in [-0.4, -0.2) is 24.7 Å². The van der Waals surface area contributed by atoms with E-state index in [9.17, 15) is 4.79 Å². The molecule has 1 aliphatic heterocycles. The second-order valence-electron chi connectivity index (χ2n) is 5.13. The lowest BCUT2D eigenvalue weighted by Gasteiger charge is -2.21. The van der Waals surface area contributed by atoms with E-state index in [4.69, 9.17) is 23.2 Å². The molecule has 3 nitrogen and oxygen atoms in total. The molecule has 0 fully saturated rings. The van der Waals surface area contributed by atoms with E-state index in [2.05, 4.69) is 11.6 Å². The van der Waals surface area contributed by atoms with Crippen LogP contribution in [0.3, 0.4) is 0 Å². The zero-order chi connectivity index (χ0) is 16.4. The maximum atomic E-state index is 12.4. The highest BCUT2D eigenvalue weighted by Crippen LogP contribution is 2.29. The summed E-state index contributed by atoms with van der Waals surface area (Å²) in [5.41, 5.74) is 3.24. The maximum absolute atomic E-state index is 12.4. The number of benzodiazepines with no additional fused rings is 1. The summed E-state index contributed by atoms with van der Waals surface area (Å²) in [5.74, 6) is -0.0718. The molecule has 2 aromatic rings. The monoisotopic (exact) mass is 344 g/mol. The molecule has 0 radical (unpaired) electrons. The van der Waals surface area contributed by atoms with Gasteiger partial charge in [-0.2, -0.15) is 0 Å². The number of amides is 1. The third kappa shape index (κ3) is 3.16. The predicted molar refractivity (Wildman–Crippen MR) is 96.0 cm³/mol. The summed E-state index contributed by atoms with van der Waals surface area (Å²) in [6.45, 7) is 4.23. The average Bonchev–Trinajstić information content (AvgIpc) is 2.67. The van der Waals surface area contributed by atoms with Crippen LogP contribution in [0.4, 0.5) is 5.69 Å². The third-order valence-electron chi connectivity index (χ3n) is 3.61. The van der Waals surface area contributed by atoms with Gasteiger partial charge in [-0.15, -0.1) is 6.58 Å². The number of benzene rings is 2. The Morgan fingerprint density at radius 2 is 1.83 bits per heavy atom. The molecule has 2 aromatic carbocycles. The van der Waals surface area contributed by atoms with E-state index < -0.39 is 0 Å². The average molecular weight is 345 g/mol. The van der Waals surface area contributed by atoms with E-state index in [1.807, 2.05) is 24.3 Å². The van der Waals surface area contributed by atoms with Crippen LogP contribution in [0, 0.1) is 0 Å². The number of hydrogen-bond acceptors (Lipinski definition) is 2. The molecule has 116 valence electrons. The standard InChI is InChI=1S/C18H14Cl2N2O/c1-2-9-22-16-8-7-14(20)10-15(16)18(21-11-17(22)23)12-3-5-13(19)6-4-12/h2-8,10H,1,9,11H2. The van der Waals surface area contributed by atoms with Crippen molar-refractivity contribution in [2.24, 2.45) is 4.99 Å². The molecule has 0 spiro atoms. The predicted octanol–water partition coefficient (Wildman–Crippen LogP) is 4.36. The van der Waals surface area contributed by atoms with Gasteiger partial charge in [0, 0.05) is 27.7 Å². The second kappa shape index (κ2) is 6.57. The van der Waals surface area contributed by atoms with Crippen molar-refractivity contribution in [3.63, 3.8) is 0 Å². The fraction of sp³-hybridized carbons (Fsp3) is 0.111. The van der Waals surface area contributed by atoms with Gasteiger partial charge >= 0.3 is 0 Å². The molecular weight excluding hydrogens is 331 g/mol. The Bertz CT molecular complexity index is 797. The van der Waals surface area contributed by atoms with Crippen molar-refractivity contribution in [1.82, 2.24) is 0 Å². The molecular formula is C18H14Cl2N2O. The zero-order valence-corrected chi connectivity index (χ0v) is 13.8. The smallest absolute Gasteiger partial charge is 0.248 e. The first-order chi connectivity index (χ1) is 11.1. The SMILES string of the molecule is C=CCN1C(=O)CN=C(c2ccc(Cl)cc2)c2cc(Cl)ccc21. The van der Waals surface area contributed by atoms with Crippen molar-refractivity contribution in [3.8, 4) is 0 Å². The summed E-state index contributed by atoms with van der Waals surface area (Å²) in [4.78, 5) is 18.6. The van der Waals surface area contributed by atoms with Crippen LogP contribution < -0.4 is 4.90 Å². The minimum absolute atomic E-state index is 0.0718. The number of anilines is 1. The number of halogens is 2. The van der Waals surface area contributed by atoms with Gasteiger partial charge in [0.15, 0.2) is 0 Å². The second-order valence-corrected chi connectivity index (χ2v) is 6.00. The molecule has 0 bridgehead atoms. The molecule has 0 unspecified atom stereocenters. The number of hydrogen-bond donors (Lipinski definition) is 0. The summed E-state index contributed by atoms with van der Waals surface area (Å²) in [7, 11) is 0. The molecule has 1 aliphatic rings. The van der Waals surface area contributed by atoms with Gasteiger partial charge in [0.25, 0.3) is 0 Å². The van der Waals surface area contributed by atoms with Crippen molar-refractivity contribution < 1.29 is 4.79 Å². The van der Waals surface area contributed by atoms with Gasteiger partial charge in [-0.25, -0.2) is 0 Å². The number of rotatable bonds is 3. The lowest BCUT2D eigenvalue weighted by Crippen LogP contribution is -2.32. The van der Waals surface area contributed by atoms with Crippen LogP contribution in [0.2, 0.25) is 10.0 Å². The minimum atomic E-state index is -0.0718. The highest BCUT2D eigenvalue weighted by molar-refractivity contribution is 6.32.